The van der Waals surface area contributed by atoms with E-state index in [-0.39, 0.29) is 18.3 Å². The van der Waals surface area contributed by atoms with Gasteiger partial charge in [0.2, 0.25) is 0 Å². The van der Waals surface area contributed by atoms with Gasteiger partial charge >= 0.3 is 5.97 Å². The monoisotopic (exact) mass is 240 g/mol. The van der Waals surface area contributed by atoms with Crippen molar-refractivity contribution in [3.63, 3.8) is 0 Å². The SMILES string of the molecule is Cc1cc(F)c(O)c(C(CC(=O)O)C(C)C)c1. The second-order valence-corrected chi connectivity index (χ2v) is 4.63. The first-order valence-corrected chi connectivity index (χ1v) is 5.53. The van der Waals surface area contributed by atoms with Crippen LogP contribution in [0.4, 0.5) is 4.39 Å². The van der Waals surface area contributed by atoms with Crippen molar-refractivity contribution in [1.29, 1.82) is 0 Å². The molecule has 17 heavy (non-hydrogen) atoms. The van der Waals surface area contributed by atoms with Crippen molar-refractivity contribution < 1.29 is 19.4 Å². The number of carbonyl (C=O) groups is 1. The third kappa shape index (κ3) is 3.19. The number of hydrogen-bond acceptors (Lipinski definition) is 2. The fourth-order valence-corrected chi connectivity index (χ4v) is 1.94. The average molecular weight is 240 g/mol. The van der Waals surface area contributed by atoms with Gasteiger partial charge in [0.25, 0.3) is 0 Å². The number of halogens is 1. The summed E-state index contributed by atoms with van der Waals surface area (Å²) in [4.78, 5) is 10.8. The summed E-state index contributed by atoms with van der Waals surface area (Å²) in [6.07, 6.45) is -0.117. The van der Waals surface area contributed by atoms with Gasteiger partial charge in [-0.05, 0) is 24.5 Å². The zero-order chi connectivity index (χ0) is 13.2. The van der Waals surface area contributed by atoms with Gasteiger partial charge in [0, 0.05) is 11.5 Å². The van der Waals surface area contributed by atoms with Crippen molar-refractivity contribution in [3.8, 4) is 5.75 Å². The molecule has 1 aromatic rings. The summed E-state index contributed by atoms with van der Waals surface area (Å²) >= 11 is 0. The molecule has 0 radical (unpaired) electrons. The smallest absolute Gasteiger partial charge is 0.303 e. The van der Waals surface area contributed by atoms with Crippen LogP contribution in [0.15, 0.2) is 12.1 Å². The summed E-state index contributed by atoms with van der Waals surface area (Å²) in [6, 6.07) is 2.88. The third-order valence-electron chi connectivity index (χ3n) is 2.84. The molecule has 0 fully saturated rings. The van der Waals surface area contributed by atoms with E-state index in [4.69, 9.17) is 5.11 Å². The Kier molecular flexibility index (Phi) is 4.10. The first kappa shape index (κ1) is 13.5. The van der Waals surface area contributed by atoms with E-state index in [1.54, 1.807) is 13.0 Å². The van der Waals surface area contributed by atoms with Crippen LogP contribution in [0.25, 0.3) is 0 Å². The van der Waals surface area contributed by atoms with Gasteiger partial charge < -0.3 is 10.2 Å². The number of phenolic OH excluding ortho intramolecular Hbond substituents is 1. The molecule has 0 heterocycles. The minimum absolute atomic E-state index is 0.0122. The highest BCUT2D eigenvalue weighted by Gasteiger charge is 2.24. The van der Waals surface area contributed by atoms with E-state index >= 15 is 0 Å². The van der Waals surface area contributed by atoms with Crippen LogP contribution in [0.2, 0.25) is 0 Å². The zero-order valence-electron chi connectivity index (χ0n) is 10.2. The summed E-state index contributed by atoms with van der Waals surface area (Å²) in [5.74, 6) is -2.46. The fraction of sp³-hybridized carbons (Fsp3) is 0.462. The van der Waals surface area contributed by atoms with Crippen LogP contribution in [-0.4, -0.2) is 16.2 Å². The molecule has 0 aliphatic carbocycles. The number of aryl methyl sites for hydroxylation is 1. The van der Waals surface area contributed by atoms with Crippen molar-refractivity contribution in [1.82, 2.24) is 0 Å². The van der Waals surface area contributed by atoms with Crippen LogP contribution in [0.1, 0.15) is 37.3 Å². The highest BCUT2D eigenvalue weighted by molar-refractivity contribution is 5.68. The Morgan fingerprint density at radius 1 is 1.41 bits per heavy atom. The zero-order valence-corrected chi connectivity index (χ0v) is 10.2. The Morgan fingerprint density at radius 2 is 2.00 bits per heavy atom. The average Bonchev–Trinajstić information content (AvgIpc) is 2.19. The first-order chi connectivity index (χ1) is 7.82. The normalized spacial score (nSPS) is 12.8. The van der Waals surface area contributed by atoms with Gasteiger partial charge in [0.1, 0.15) is 0 Å². The molecule has 0 aliphatic heterocycles. The molecule has 4 heteroatoms. The van der Waals surface area contributed by atoms with Gasteiger partial charge in [-0.15, -0.1) is 0 Å². The van der Waals surface area contributed by atoms with Crippen LogP contribution in [0, 0.1) is 18.7 Å². The summed E-state index contributed by atoms with van der Waals surface area (Å²) in [5, 5.41) is 18.5. The molecule has 0 aliphatic rings. The molecule has 3 nitrogen and oxygen atoms in total. The topological polar surface area (TPSA) is 57.5 Å². The largest absolute Gasteiger partial charge is 0.505 e. The Morgan fingerprint density at radius 3 is 2.47 bits per heavy atom. The van der Waals surface area contributed by atoms with E-state index in [9.17, 15) is 14.3 Å². The second-order valence-electron chi connectivity index (χ2n) is 4.63. The van der Waals surface area contributed by atoms with Crippen molar-refractivity contribution in [3.05, 3.63) is 29.1 Å². The van der Waals surface area contributed by atoms with Crippen molar-refractivity contribution in [2.45, 2.75) is 33.1 Å². The number of aliphatic carboxylic acids is 1. The number of carboxylic acids is 1. The van der Waals surface area contributed by atoms with Gasteiger partial charge in [-0.25, -0.2) is 4.39 Å². The molecular formula is C13H17FO3. The number of rotatable bonds is 4. The number of benzene rings is 1. The molecule has 2 N–H and O–H groups in total. The maximum atomic E-state index is 13.4. The van der Waals surface area contributed by atoms with E-state index in [1.165, 1.54) is 6.07 Å². The summed E-state index contributed by atoms with van der Waals surface area (Å²) in [7, 11) is 0. The molecule has 0 bridgehead atoms. The lowest BCUT2D eigenvalue weighted by Gasteiger charge is -2.21. The van der Waals surface area contributed by atoms with Crippen molar-refractivity contribution in [2.24, 2.45) is 5.92 Å². The van der Waals surface area contributed by atoms with E-state index in [1.807, 2.05) is 13.8 Å². The highest BCUT2D eigenvalue weighted by atomic mass is 19.1. The molecule has 94 valence electrons. The van der Waals surface area contributed by atoms with E-state index in [0.29, 0.717) is 11.1 Å². The van der Waals surface area contributed by atoms with Crippen LogP contribution in [-0.2, 0) is 4.79 Å². The van der Waals surface area contributed by atoms with Gasteiger partial charge in [-0.1, -0.05) is 19.9 Å². The number of carboxylic acid groups (broad SMARTS) is 1. The van der Waals surface area contributed by atoms with Crippen LogP contribution >= 0.6 is 0 Å². The first-order valence-electron chi connectivity index (χ1n) is 5.53. The van der Waals surface area contributed by atoms with Crippen LogP contribution < -0.4 is 0 Å². The van der Waals surface area contributed by atoms with E-state index in [2.05, 4.69) is 0 Å². The second kappa shape index (κ2) is 5.17. The lowest BCUT2D eigenvalue weighted by Crippen LogP contribution is -2.13. The Hall–Kier alpha value is -1.58. The molecule has 0 saturated heterocycles. The Balaban J connectivity index is 3.22. The highest BCUT2D eigenvalue weighted by Crippen LogP contribution is 2.36. The number of hydrogen-bond donors (Lipinski definition) is 2. The quantitative estimate of drug-likeness (QED) is 0.850. The van der Waals surface area contributed by atoms with Crippen LogP contribution in [0.5, 0.6) is 5.75 Å². The van der Waals surface area contributed by atoms with Gasteiger partial charge in [-0.2, -0.15) is 0 Å². The third-order valence-corrected chi connectivity index (χ3v) is 2.84. The maximum Gasteiger partial charge on any atom is 0.303 e. The summed E-state index contributed by atoms with van der Waals surface area (Å²) in [6.45, 7) is 5.42. The van der Waals surface area contributed by atoms with Crippen LogP contribution in [0.3, 0.4) is 0 Å². The molecule has 1 unspecified atom stereocenters. The standard InChI is InChI=1S/C13H17FO3/c1-7(2)9(6-12(15)16)10-4-8(3)5-11(14)13(10)17/h4-5,7,9,17H,6H2,1-3H3,(H,15,16). The Bertz CT molecular complexity index is 427. The lowest BCUT2D eigenvalue weighted by molar-refractivity contribution is -0.137. The van der Waals surface area contributed by atoms with E-state index in [0.717, 1.165) is 0 Å². The Labute approximate surface area is 99.9 Å². The van der Waals surface area contributed by atoms with Gasteiger partial charge in [-0.3, -0.25) is 4.79 Å². The molecule has 0 amide bonds. The predicted octanol–water partition coefficient (Wildman–Crippen LogP) is 3.05. The molecule has 1 aromatic carbocycles. The van der Waals surface area contributed by atoms with Crippen molar-refractivity contribution >= 4 is 5.97 Å². The minimum Gasteiger partial charge on any atom is -0.505 e. The number of phenols is 1. The molecule has 1 rings (SSSR count). The summed E-state index contributed by atoms with van der Waals surface area (Å²) in [5.41, 5.74) is 1.05. The maximum absolute atomic E-state index is 13.4. The van der Waals surface area contributed by atoms with Crippen molar-refractivity contribution in [2.75, 3.05) is 0 Å². The minimum atomic E-state index is -0.954. The predicted molar refractivity (Wildman–Crippen MR) is 62.6 cm³/mol. The molecule has 0 aromatic heterocycles. The molecule has 0 saturated carbocycles. The van der Waals surface area contributed by atoms with E-state index < -0.39 is 17.5 Å². The lowest BCUT2D eigenvalue weighted by atomic mass is 9.84. The fourth-order valence-electron chi connectivity index (χ4n) is 1.94. The van der Waals surface area contributed by atoms with Gasteiger partial charge in [0.15, 0.2) is 11.6 Å². The molecular weight excluding hydrogens is 223 g/mol. The molecule has 1 atom stereocenters. The molecule has 0 spiro atoms. The summed E-state index contributed by atoms with van der Waals surface area (Å²) < 4.78 is 13.4. The number of aromatic hydroxyl groups is 1. The van der Waals surface area contributed by atoms with Gasteiger partial charge in [0.05, 0.1) is 6.42 Å².